The number of nitrogens with zero attached hydrogens (tertiary/aromatic N) is 3. The molecule has 0 bridgehead atoms. The van der Waals surface area contributed by atoms with E-state index >= 15 is 0 Å². The maximum Gasteiger partial charge on any atom is 0.279 e. The minimum Gasteiger partial charge on any atom is -0.508 e. The fourth-order valence-electron chi connectivity index (χ4n) is 2.90. The Morgan fingerprint density at radius 1 is 1.19 bits per heavy atom. The highest BCUT2D eigenvalue weighted by Crippen LogP contribution is 2.29. The number of phenolic OH excluding ortho intramolecular Hbond substituents is 1. The quantitative estimate of drug-likeness (QED) is 0.679. The normalized spacial score (nSPS) is 13.6. The zero-order chi connectivity index (χ0) is 19.0. The van der Waals surface area contributed by atoms with Crippen molar-refractivity contribution in [3.05, 3.63) is 81.4 Å². The van der Waals surface area contributed by atoms with E-state index in [9.17, 15) is 15.0 Å². The number of hydrogen-bond acceptors (Lipinski definition) is 5. The number of allylic oxidation sites excluding steroid dienone is 1. The first-order chi connectivity index (χ1) is 13.1. The third-order valence-electron chi connectivity index (χ3n) is 4.09. The maximum absolute atomic E-state index is 12.5. The second-order valence-corrected chi connectivity index (χ2v) is 6.85. The van der Waals surface area contributed by atoms with Gasteiger partial charge in [0.15, 0.2) is 4.80 Å². The Hall–Kier alpha value is -3.45. The van der Waals surface area contributed by atoms with Crippen molar-refractivity contribution in [2.45, 2.75) is 6.54 Å². The number of aromatic hydroxyl groups is 2. The molecule has 0 atom stereocenters. The average Bonchev–Trinajstić information content (AvgIpc) is 3.12. The smallest absolute Gasteiger partial charge is 0.279 e. The van der Waals surface area contributed by atoms with Gasteiger partial charge in [0.05, 0.1) is 16.6 Å². The molecular formula is C20H15N3O3S. The van der Waals surface area contributed by atoms with E-state index in [4.69, 9.17) is 0 Å². The molecule has 2 aromatic carbocycles. The molecule has 1 aliphatic rings. The highest BCUT2D eigenvalue weighted by atomic mass is 32.1. The molecule has 0 saturated carbocycles. The molecule has 1 amide bonds. The van der Waals surface area contributed by atoms with Crippen molar-refractivity contribution < 1.29 is 15.0 Å². The molecule has 134 valence electrons. The van der Waals surface area contributed by atoms with Crippen LogP contribution in [0.3, 0.4) is 0 Å². The van der Waals surface area contributed by atoms with Crippen molar-refractivity contribution in [3.8, 4) is 11.6 Å². The number of thiazole rings is 1. The van der Waals surface area contributed by atoms with Crippen LogP contribution in [0, 0.1) is 0 Å². The number of para-hydroxylation sites is 1. The Morgan fingerprint density at radius 3 is 2.78 bits per heavy atom. The first kappa shape index (κ1) is 17.0. The van der Waals surface area contributed by atoms with Crippen LogP contribution in [0.4, 0.5) is 5.69 Å². The van der Waals surface area contributed by atoms with E-state index in [1.54, 1.807) is 34.9 Å². The molecule has 2 N–H and O–H groups in total. The Bertz CT molecular complexity index is 1270. The van der Waals surface area contributed by atoms with Crippen molar-refractivity contribution in [1.82, 2.24) is 4.57 Å². The standard InChI is InChI=1S/C20H15N3O3S/c1-2-10-23-19(26)17(16-14-8-3-4-9-15(14)22-18(16)25)27-20(23)21-12-6-5-7-13(24)11-12/h2-9,11,24,26H,1,10H2. The zero-order valence-corrected chi connectivity index (χ0v) is 15.0. The van der Waals surface area contributed by atoms with Crippen LogP contribution in [-0.2, 0) is 11.3 Å². The summed E-state index contributed by atoms with van der Waals surface area (Å²) in [5.74, 6) is -0.350. The predicted molar refractivity (Wildman–Crippen MR) is 102 cm³/mol. The van der Waals surface area contributed by atoms with Gasteiger partial charge in [0, 0.05) is 17.8 Å². The second kappa shape index (κ2) is 6.69. The molecule has 2 heterocycles. The summed E-state index contributed by atoms with van der Waals surface area (Å²) in [4.78, 5) is 21.9. The van der Waals surface area contributed by atoms with Gasteiger partial charge in [-0.15, -0.1) is 6.58 Å². The van der Waals surface area contributed by atoms with Gasteiger partial charge in [0.2, 0.25) is 5.88 Å². The van der Waals surface area contributed by atoms with Crippen LogP contribution in [0.2, 0.25) is 0 Å². The molecule has 0 saturated heterocycles. The molecule has 6 nitrogen and oxygen atoms in total. The largest absolute Gasteiger partial charge is 0.508 e. The summed E-state index contributed by atoms with van der Waals surface area (Å²) in [6, 6.07) is 13.7. The van der Waals surface area contributed by atoms with E-state index < -0.39 is 0 Å². The molecule has 4 rings (SSSR count). The number of fused-ring (bicyclic) bond motifs is 1. The highest BCUT2D eigenvalue weighted by Gasteiger charge is 2.25. The monoisotopic (exact) mass is 377 g/mol. The Labute approximate surface area is 158 Å². The zero-order valence-electron chi connectivity index (χ0n) is 14.2. The minimum atomic E-state index is -0.387. The lowest BCUT2D eigenvalue weighted by atomic mass is 10.1. The van der Waals surface area contributed by atoms with Gasteiger partial charge in [0.1, 0.15) is 10.6 Å². The van der Waals surface area contributed by atoms with E-state index in [1.165, 1.54) is 17.4 Å². The molecular weight excluding hydrogens is 362 g/mol. The Kier molecular flexibility index (Phi) is 4.21. The van der Waals surface area contributed by atoms with Crippen molar-refractivity contribution in [2.24, 2.45) is 9.98 Å². The van der Waals surface area contributed by atoms with Gasteiger partial charge in [-0.2, -0.15) is 0 Å². The van der Waals surface area contributed by atoms with Crippen molar-refractivity contribution in [1.29, 1.82) is 0 Å². The fraction of sp³-hybridized carbons (Fsp3) is 0.0500. The third kappa shape index (κ3) is 2.98. The van der Waals surface area contributed by atoms with Gasteiger partial charge in [0.25, 0.3) is 5.91 Å². The third-order valence-corrected chi connectivity index (χ3v) is 5.17. The highest BCUT2D eigenvalue weighted by molar-refractivity contribution is 7.11. The van der Waals surface area contributed by atoms with Crippen LogP contribution in [0.5, 0.6) is 11.6 Å². The molecule has 0 spiro atoms. The summed E-state index contributed by atoms with van der Waals surface area (Å²) < 4.78 is 1.57. The first-order valence-corrected chi connectivity index (χ1v) is 9.00. The van der Waals surface area contributed by atoms with Crippen LogP contribution in [0.25, 0.3) is 5.57 Å². The molecule has 0 aliphatic carbocycles. The lowest BCUT2D eigenvalue weighted by Crippen LogP contribution is -2.22. The van der Waals surface area contributed by atoms with Gasteiger partial charge in [-0.25, -0.2) is 9.98 Å². The summed E-state index contributed by atoms with van der Waals surface area (Å²) in [6.07, 6.45) is 1.64. The first-order valence-electron chi connectivity index (χ1n) is 8.18. The number of amides is 1. The number of rotatable bonds is 4. The van der Waals surface area contributed by atoms with Crippen LogP contribution in [0.1, 0.15) is 4.88 Å². The number of hydrogen-bond donors (Lipinski definition) is 2. The Balaban J connectivity index is 1.99. The number of carbonyl (C=O) groups excluding carboxylic acids is 1. The summed E-state index contributed by atoms with van der Waals surface area (Å²) in [5.41, 5.74) is 0.900. The van der Waals surface area contributed by atoms with Crippen LogP contribution >= 0.6 is 11.3 Å². The van der Waals surface area contributed by atoms with Crippen molar-refractivity contribution in [3.63, 3.8) is 0 Å². The summed E-state index contributed by atoms with van der Waals surface area (Å²) in [5, 5.41) is 21.7. The minimum absolute atomic E-state index is 0.0611. The lowest BCUT2D eigenvalue weighted by Gasteiger charge is -2.02. The molecule has 27 heavy (non-hydrogen) atoms. The van der Waals surface area contributed by atoms with Gasteiger partial charge in [-0.3, -0.25) is 9.36 Å². The summed E-state index contributed by atoms with van der Waals surface area (Å²) in [7, 11) is 0. The molecule has 7 heteroatoms. The molecule has 0 radical (unpaired) electrons. The van der Waals surface area contributed by atoms with E-state index in [2.05, 4.69) is 16.6 Å². The van der Waals surface area contributed by atoms with Crippen molar-refractivity contribution >= 4 is 28.5 Å². The summed E-state index contributed by atoms with van der Waals surface area (Å²) >= 11 is 1.19. The van der Waals surface area contributed by atoms with Crippen molar-refractivity contribution in [2.75, 3.05) is 0 Å². The molecule has 0 fully saturated rings. The van der Waals surface area contributed by atoms with Gasteiger partial charge >= 0.3 is 0 Å². The SMILES string of the molecule is C=CCn1c(O)c(C2=c3ccccc3=NC2=O)sc1=Nc1cccc(O)c1. The molecule has 0 unspecified atom stereocenters. The lowest BCUT2D eigenvalue weighted by molar-refractivity contribution is -0.112. The van der Waals surface area contributed by atoms with E-state index in [0.29, 0.717) is 38.1 Å². The van der Waals surface area contributed by atoms with Crippen LogP contribution < -0.4 is 15.4 Å². The molecule has 1 aromatic heterocycles. The Morgan fingerprint density at radius 2 is 2.00 bits per heavy atom. The fourth-order valence-corrected chi connectivity index (χ4v) is 4.01. The number of phenols is 1. The number of benzene rings is 2. The number of carbonyl (C=O) groups is 1. The topological polar surface area (TPSA) is 87.2 Å². The predicted octanol–water partition coefficient (Wildman–Crippen LogP) is 1.74. The second-order valence-electron chi connectivity index (χ2n) is 5.88. The van der Waals surface area contributed by atoms with Gasteiger partial charge in [-0.05, 0) is 18.2 Å². The number of aromatic nitrogens is 1. The average molecular weight is 377 g/mol. The maximum atomic E-state index is 12.5. The van der Waals surface area contributed by atoms with Gasteiger partial charge in [-0.1, -0.05) is 41.7 Å². The van der Waals surface area contributed by atoms with E-state index in [-0.39, 0.29) is 17.5 Å². The van der Waals surface area contributed by atoms with E-state index in [0.717, 1.165) is 0 Å². The van der Waals surface area contributed by atoms with Gasteiger partial charge < -0.3 is 10.2 Å². The molecule has 1 aliphatic heterocycles. The van der Waals surface area contributed by atoms with E-state index in [1.807, 2.05) is 18.2 Å². The summed E-state index contributed by atoms with van der Waals surface area (Å²) in [6.45, 7) is 4.04. The van der Waals surface area contributed by atoms with Crippen LogP contribution in [0.15, 0.2) is 71.2 Å². The van der Waals surface area contributed by atoms with Crippen LogP contribution in [-0.4, -0.2) is 20.7 Å². The molecule has 3 aromatic rings.